The number of aliphatic imine (C=N–C) groups is 1. The summed E-state index contributed by atoms with van der Waals surface area (Å²) < 4.78 is 22.4. The monoisotopic (exact) mass is 327 g/mol. The maximum atomic E-state index is 11.2. The van der Waals surface area contributed by atoms with Crippen molar-refractivity contribution >= 4 is 32.6 Å². The largest absolute Gasteiger partial charge is 0.335 e. The zero-order valence-electron chi connectivity index (χ0n) is 12.5. The highest BCUT2D eigenvalue weighted by atomic mass is 32.2. The number of nitrogens with two attached hydrogens (primary N) is 1. The highest BCUT2D eigenvalue weighted by molar-refractivity contribution is 8.14. The molecule has 0 radical (unpaired) electrons. The molecule has 1 aromatic carbocycles. The molecular formula is C14H21N3O2S2. The molecule has 0 fully saturated rings. The molecular weight excluding hydrogens is 306 g/mol. The molecule has 1 aliphatic heterocycles. The van der Waals surface area contributed by atoms with Gasteiger partial charge in [0.15, 0.2) is 5.17 Å². The number of anilines is 1. The number of sulfonamides is 1. The average Bonchev–Trinajstić information content (AvgIpc) is 2.37. The van der Waals surface area contributed by atoms with Crippen molar-refractivity contribution in [3.05, 3.63) is 24.3 Å². The lowest BCUT2D eigenvalue weighted by molar-refractivity contribution is 0.316. The van der Waals surface area contributed by atoms with Gasteiger partial charge in [-0.15, -0.1) is 0 Å². The van der Waals surface area contributed by atoms with Crippen LogP contribution in [0.15, 0.2) is 34.2 Å². The minimum atomic E-state index is -3.64. The first kappa shape index (κ1) is 16.3. The number of hydrogen-bond donors (Lipinski definition) is 2. The van der Waals surface area contributed by atoms with E-state index in [1.54, 1.807) is 23.9 Å². The number of hydrogen-bond acceptors (Lipinski definition) is 5. The summed E-state index contributed by atoms with van der Waals surface area (Å²) in [4.78, 5) is 4.86. The Bertz CT molecular complexity index is 631. The molecule has 0 aromatic heterocycles. The highest BCUT2D eigenvalue weighted by Gasteiger charge is 2.27. The van der Waals surface area contributed by atoms with Crippen molar-refractivity contribution < 1.29 is 8.42 Å². The Morgan fingerprint density at radius 1 is 1.29 bits per heavy atom. The lowest BCUT2D eigenvalue weighted by Gasteiger charge is -2.31. The van der Waals surface area contributed by atoms with E-state index in [4.69, 9.17) is 10.1 Å². The van der Waals surface area contributed by atoms with Gasteiger partial charge in [-0.3, -0.25) is 4.99 Å². The second kappa shape index (κ2) is 5.98. The second-order valence-electron chi connectivity index (χ2n) is 6.15. The fourth-order valence-corrected chi connectivity index (χ4v) is 3.50. The van der Waals surface area contributed by atoms with Crippen molar-refractivity contribution in [3.63, 3.8) is 0 Å². The Morgan fingerprint density at radius 3 is 2.43 bits per heavy atom. The Hall–Kier alpha value is -1.05. The van der Waals surface area contributed by atoms with Crippen molar-refractivity contribution in [3.8, 4) is 0 Å². The third-order valence-corrected chi connectivity index (χ3v) is 5.19. The van der Waals surface area contributed by atoms with Gasteiger partial charge in [0.05, 0.1) is 10.9 Å². The van der Waals surface area contributed by atoms with E-state index in [9.17, 15) is 8.42 Å². The summed E-state index contributed by atoms with van der Waals surface area (Å²) in [5.41, 5.74) is 0.953. The standard InChI is InChI=1S/C14H21N3O2S2/c1-14(2,3)12-8-9-20-13(17-12)16-10-4-6-11(7-5-10)21(15,18)19/h4-7,12H,8-9H2,1-3H3,(H,16,17)(H2,15,18,19). The minimum Gasteiger partial charge on any atom is -0.335 e. The molecule has 2 rings (SSSR count). The summed E-state index contributed by atoms with van der Waals surface area (Å²) in [6.45, 7) is 6.57. The van der Waals surface area contributed by atoms with Crippen molar-refractivity contribution in [2.24, 2.45) is 15.5 Å². The van der Waals surface area contributed by atoms with Crippen LogP contribution in [0.2, 0.25) is 0 Å². The van der Waals surface area contributed by atoms with E-state index in [1.165, 1.54) is 12.1 Å². The quantitative estimate of drug-likeness (QED) is 0.874. The number of primary sulfonamides is 1. The maximum absolute atomic E-state index is 11.2. The Morgan fingerprint density at radius 2 is 1.90 bits per heavy atom. The molecule has 0 aliphatic carbocycles. The van der Waals surface area contributed by atoms with Gasteiger partial charge in [0.1, 0.15) is 0 Å². The summed E-state index contributed by atoms with van der Waals surface area (Å²) in [7, 11) is -3.64. The number of amidine groups is 1. The van der Waals surface area contributed by atoms with Crippen LogP contribution in [0.4, 0.5) is 5.69 Å². The summed E-state index contributed by atoms with van der Waals surface area (Å²) in [6, 6.07) is 6.68. The molecule has 1 aliphatic rings. The maximum Gasteiger partial charge on any atom is 0.238 e. The Kier molecular flexibility index (Phi) is 4.65. The Labute approximate surface area is 130 Å². The van der Waals surface area contributed by atoms with Crippen molar-refractivity contribution in [1.29, 1.82) is 0 Å². The first-order valence-electron chi connectivity index (χ1n) is 6.77. The lowest BCUT2D eigenvalue weighted by atomic mass is 9.85. The molecule has 0 amide bonds. The van der Waals surface area contributed by atoms with Gasteiger partial charge in [-0.1, -0.05) is 32.5 Å². The fraction of sp³-hybridized carbons (Fsp3) is 0.500. The molecule has 0 saturated carbocycles. The summed E-state index contributed by atoms with van der Waals surface area (Å²) >= 11 is 1.68. The van der Waals surface area contributed by atoms with E-state index in [0.29, 0.717) is 6.04 Å². The number of rotatable bonds is 2. The van der Waals surface area contributed by atoms with Gasteiger partial charge in [-0.25, -0.2) is 13.6 Å². The molecule has 0 bridgehead atoms. The predicted octanol–water partition coefficient (Wildman–Crippen LogP) is 2.65. The van der Waals surface area contributed by atoms with Crippen LogP contribution in [0, 0.1) is 5.41 Å². The molecule has 1 atom stereocenters. The van der Waals surface area contributed by atoms with Crippen molar-refractivity contribution in [1.82, 2.24) is 0 Å². The summed E-state index contributed by atoms with van der Waals surface area (Å²) in [5.74, 6) is 1.03. The number of benzene rings is 1. The highest BCUT2D eigenvalue weighted by Crippen LogP contribution is 2.31. The molecule has 0 spiro atoms. The van der Waals surface area contributed by atoms with Gasteiger partial charge >= 0.3 is 0 Å². The first-order valence-corrected chi connectivity index (χ1v) is 9.30. The smallest absolute Gasteiger partial charge is 0.238 e. The van der Waals surface area contributed by atoms with E-state index < -0.39 is 10.0 Å². The predicted molar refractivity (Wildman–Crippen MR) is 89.2 cm³/mol. The third kappa shape index (κ3) is 4.46. The van der Waals surface area contributed by atoms with Crippen LogP contribution in [0.25, 0.3) is 0 Å². The van der Waals surface area contributed by atoms with Crippen molar-refractivity contribution in [2.45, 2.75) is 38.1 Å². The van der Waals surface area contributed by atoms with E-state index in [1.807, 2.05) is 0 Å². The van der Waals surface area contributed by atoms with Gasteiger partial charge in [-0.2, -0.15) is 0 Å². The molecule has 7 heteroatoms. The average molecular weight is 327 g/mol. The molecule has 1 aromatic rings. The third-order valence-electron chi connectivity index (χ3n) is 3.34. The minimum absolute atomic E-state index is 0.110. The van der Waals surface area contributed by atoms with E-state index in [-0.39, 0.29) is 10.3 Å². The first-order chi connectivity index (χ1) is 9.66. The summed E-state index contributed by atoms with van der Waals surface area (Å²) in [6.07, 6.45) is 1.07. The van der Waals surface area contributed by atoms with Crippen LogP contribution in [-0.2, 0) is 10.0 Å². The van der Waals surface area contributed by atoms with E-state index >= 15 is 0 Å². The molecule has 1 heterocycles. The molecule has 3 N–H and O–H groups in total. The fourth-order valence-electron chi connectivity index (χ4n) is 2.06. The topological polar surface area (TPSA) is 84.5 Å². The number of nitrogens with zero attached hydrogens (tertiary/aromatic N) is 1. The normalized spacial score (nSPS) is 20.0. The zero-order valence-corrected chi connectivity index (χ0v) is 14.1. The van der Waals surface area contributed by atoms with Crippen LogP contribution >= 0.6 is 11.8 Å². The van der Waals surface area contributed by atoms with Crippen LogP contribution < -0.4 is 10.5 Å². The van der Waals surface area contributed by atoms with Crippen LogP contribution in [-0.4, -0.2) is 25.4 Å². The zero-order chi connectivity index (χ0) is 15.7. The van der Waals surface area contributed by atoms with Crippen molar-refractivity contribution in [2.75, 3.05) is 11.1 Å². The van der Waals surface area contributed by atoms with Gasteiger partial charge in [0.25, 0.3) is 0 Å². The van der Waals surface area contributed by atoms with Crippen LogP contribution in [0.1, 0.15) is 27.2 Å². The van der Waals surface area contributed by atoms with Gasteiger partial charge in [0.2, 0.25) is 10.0 Å². The number of nitrogens with one attached hydrogen (secondary N) is 1. The van der Waals surface area contributed by atoms with Gasteiger partial charge < -0.3 is 5.32 Å². The second-order valence-corrected chi connectivity index (χ2v) is 8.79. The Balaban J connectivity index is 2.13. The molecule has 5 nitrogen and oxygen atoms in total. The molecule has 116 valence electrons. The lowest BCUT2D eigenvalue weighted by Crippen LogP contribution is -2.30. The van der Waals surface area contributed by atoms with Crippen LogP contribution in [0.5, 0.6) is 0 Å². The SMILES string of the molecule is CC(C)(C)C1CCSC(Nc2ccc(S(N)(=O)=O)cc2)=N1. The molecule has 21 heavy (non-hydrogen) atoms. The van der Waals surface area contributed by atoms with Gasteiger partial charge in [0, 0.05) is 11.4 Å². The van der Waals surface area contributed by atoms with E-state index in [0.717, 1.165) is 23.0 Å². The van der Waals surface area contributed by atoms with Gasteiger partial charge in [-0.05, 0) is 36.1 Å². The summed E-state index contributed by atoms with van der Waals surface area (Å²) in [5, 5.41) is 9.20. The number of thioether (sulfide) groups is 1. The molecule has 0 saturated heterocycles. The van der Waals surface area contributed by atoms with E-state index in [2.05, 4.69) is 26.1 Å². The molecule has 1 unspecified atom stereocenters. The van der Waals surface area contributed by atoms with Crippen LogP contribution in [0.3, 0.4) is 0 Å².